The zero-order valence-electron chi connectivity index (χ0n) is 33.5. The number of aromatic nitrogens is 1. The molecule has 11 aromatic rings. The lowest BCUT2D eigenvalue weighted by atomic mass is 9.71. The van der Waals surface area contributed by atoms with E-state index in [2.05, 4.69) is 189 Å². The molecule has 2 aliphatic carbocycles. The van der Waals surface area contributed by atoms with Gasteiger partial charge in [0.15, 0.2) is 5.58 Å². The van der Waals surface area contributed by atoms with Crippen LogP contribution >= 0.6 is 0 Å². The highest BCUT2D eigenvalue weighted by molar-refractivity contribution is 6.24. The van der Waals surface area contributed by atoms with Gasteiger partial charge in [0, 0.05) is 11.0 Å². The van der Waals surface area contributed by atoms with Crippen LogP contribution < -0.4 is 0 Å². The zero-order chi connectivity index (χ0) is 40.2. The van der Waals surface area contributed by atoms with Crippen LogP contribution in [0.1, 0.15) is 23.6 Å². The highest BCUT2D eigenvalue weighted by atomic mass is 16.3. The van der Waals surface area contributed by atoms with Crippen LogP contribution in [0.2, 0.25) is 0 Å². The minimum Gasteiger partial charge on any atom is -0.436 e. The maximum absolute atomic E-state index is 6.13. The maximum atomic E-state index is 6.13. The average Bonchev–Trinajstić information content (AvgIpc) is 3.87. The fraction of sp³-hybridized carbons (Fsp3) is 0.0339. The minimum absolute atomic E-state index is 0.416. The molecule has 2 nitrogen and oxygen atoms in total. The van der Waals surface area contributed by atoms with Gasteiger partial charge in [-0.25, -0.2) is 4.98 Å². The number of oxazole rings is 1. The summed E-state index contributed by atoms with van der Waals surface area (Å²) in [6, 6.07) is 76.0. The van der Waals surface area contributed by atoms with E-state index in [1.165, 1.54) is 99.4 Å². The van der Waals surface area contributed by atoms with Gasteiger partial charge in [0.05, 0.1) is 0 Å². The van der Waals surface area contributed by atoms with Crippen LogP contribution in [0.5, 0.6) is 0 Å². The monoisotopic (exact) mass is 775 g/mol. The first-order valence-electron chi connectivity index (χ1n) is 21.1. The molecule has 0 N–H and O–H groups in total. The van der Waals surface area contributed by atoms with Gasteiger partial charge in [-0.3, -0.25) is 0 Å². The number of benzene rings is 10. The summed E-state index contributed by atoms with van der Waals surface area (Å²) in [4.78, 5) is 4.76. The third-order valence-corrected chi connectivity index (χ3v) is 13.5. The first kappa shape index (κ1) is 34.1. The van der Waals surface area contributed by atoms with E-state index >= 15 is 0 Å². The van der Waals surface area contributed by atoms with Crippen LogP contribution in [0.4, 0.5) is 0 Å². The summed E-state index contributed by atoms with van der Waals surface area (Å²) >= 11 is 0. The van der Waals surface area contributed by atoms with E-state index in [1.54, 1.807) is 0 Å². The second-order valence-corrected chi connectivity index (χ2v) is 16.7. The van der Waals surface area contributed by atoms with Gasteiger partial charge in [-0.1, -0.05) is 158 Å². The van der Waals surface area contributed by atoms with Crippen LogP contribution in [0.15, 0.2) is 211 Å². The normalized spacial score (nSPS) is 14.7. The Labute approximate surface area is 354 Å². The molecule has 0 fully saturated rings. The Kier molecular flexibility index (Phi) is 7.18. The Bertz CT molecular complexity index is 3560. The summed E-state index contributed by atoms with van der Waals surface area (Å²) in [5, 5.41) is 5.07. The molecule has 0 amide bonds. The van der Waals surface area contributed by atoms with Crippen LogP contribution in [-0.4, -0.2) is 4.98 Å². The molecule has 0 saturated heterocycles. The summed E-state index contributed by atoms with van der Waals surface area (Å²) in [6.07, 6.45) is 0. The van der Waals surface area contributed by atoms with Crippen molar-refractivity contribution in [3.05, 3.63) is 223 Å². The lowest BCUT2D eigenvalue weighted by Crippen LogP contribution is -2.22. The van der Waals surface area contributed by atoms with Crippen LogP contribution in [0.25, 0.3) is 111 Å². The summed E-state index contributed by atoms with van der Waals surface area (Å²) < 4.78 is 6.13. The number of fused-ring (bicyclic) bond motifs is 12. The molecule has 10 aromatic carbocycles. The van der Waals surface area contributed by atoms with Crippen molar-refractivity contribution in [2.45, 2.75) is 12.3 Å². The first-order chi connectivity index (χ1) is 30.1. The Hall–Kier alpha value is -7.81. The standard InChI is InChI=1S/C59H37NO/c1-59-41-17-13-16-40(32-41)43-19-6-8-21-46(43)57-48-23-10-9-22-47(48)56(45-20-7-5-18-42(45)37-14-3-2-4-15-37)50-34-49(53(59)35-51(50)57)44-31-30-39(33-52(44)59)36-26-28-38(29-27-36)58-60-54-24-11-12-25-55(54)61-58/h2-35H,1H3. The number of para-hydroxylation sites is 2. The molecule has 2 heteroatoms. The van der Waals surface area contributed by atoms with E-state index in [-0.39, 0.29) is 0 Å². The van der Waals surface area contributed by atoms with Crippen molar-refractivity contribution in [1.82, 2.24) is 4.98 Å². The highest BCUT2D eigenvalue weighted by Gasteiger charge is 2.42. The number of rotatable bonds is 4. The molecule has 284 valence electrons. The van der Waals surface area contributed by atoms with Gasteiger partial charge in [0.1, 0.15) is 5.52 Å². The van der Waals surface area contributed by atoms with E-state index in [9.17, 15) is 0 Å². The molecule has 1 heterocycles. The second kappa shape index (κ2) is 12.8. The molecule has 61 heavy (non-hydrogen) atoms. The quantitative estimate of drug-likeness (QED) is 0.166. The third kappa shape index (κ3) is 4.94. The Morgan fingerprint density at radius 3 is 1.67 bits per heavy atom. The minimum atomic E-state index is -0.416. The lowest BCUT2D eigenvalue weighted by molar-refractivity contribution is 0.620. The van der Waals surface area contributed by atoms with Crippen molar-refractivity contribution in [3.63, 3.8) is 0 Å². The van der Waals surface area contributed by atoms with E-state index in [0.717, 1.165) is 22.2 Å². The van der Waals surface area contributed by atoms with E-state index in [4.69, 9.17) is 9.40 Å². The van der Waals surface area contributed by atoms with Crippen LogP contribution in [0.3, 0.4) is 0 Å². The lowest BCUT2D eigenvalue weighted by Gasteiger charge is -2.31. The summed E-state index contributed by atoms with van der Waals surface area (Å²) in [6.45, 7) is 2.45. The zero-order valence-corrected chi connectivity index (χ0v) is 33.5. The first-order valence-corrected chi connectivity index (χ1v) is 21.1. The largest absolute Gasteiger partial charge is 0.436 e. The molecule has 0 saturated carbocycles. The molecule has 0 spiro atoms. The van der Waals surface area contributed by atoms with Gasteiger partial charge in [-0.05, 0) is 160 Å². The smallest absolute Gasteiger partial charge is 0.227 e. The molecule has 0 radical (unpaired) electrons. The maximum Gasteiger partial charge on any atom is 0.227 e. The third-order valence-electron chi connectivity index (χ3n) is 13.5. The van der Waals surface area contributed by atoms with Gasteiger partial charge in [0.2, 0.25) is 5.89 Å². The Balaban J connectivity index is 1.10. The predicted molar refractivity (Wildman–Crippen MR) is 253 cm³/mol. The topological polar surface area (TPSA) is 26.0 Å². The molecule has 1 aromatic heterocycles. The predicted octanol–water partition coefficient (Wildman–Crippen LogP) is 15.8. The van der Waals surface area contributed by atoms with E-state index in [1.807, 2.05) is 24.3 Å². The fourth-order valence-corrected chi connectivity index (χ4v) is 10.6. The Morgan fingerprint density at radius 1 is 0.361 bits per heavy atom. The Morgan fingerprint density at radius 2 is 0.934 bits per heavy atom. The highest BCUT2D eigenvalue weighted by Crippen LogP contribution is 2.58. The van der Waals surface area contributed by atoms with Crippen molar-refractivity contribution in [1.29, 1.82) is 0 Å². The fourth-order valence-electron chi connectivity index (χ4n) is 10.6. The number of nitrogens with zero attached hydrogens (tertiary/aromatic N) is 1. The summed E-state index contributed by atoms with van der Waals surface area (Å²) in [5.74, 6) is 0.637. The molecular formula is C59H37NO. The SMILES string of the molecule is CC12c3cccc(c3)-c3ccccc3-c3c4ccccc4c(-c4ccccc4-c4ccccc4)c4cc(c1cc34)-c1ccc(-c3ccc(-c4nc5ccccc5o4)cc3)cc12. The van der Waals surface area contributed by atoms with Gasteiger partial charge >= 0.3 is 0 Å². The van der Waals surface area contributed by atoms with Crippen molar-refractivity contribution in [2.24, 2.45) is 0 Å². The van der Waals surface area contributed by atoms with Gasteiger partial charge < -0.3 is 4.42 Å². The summed E-state index contributed by atoms with van der Waals surface area (Å²) in [5.41, 5.74) is 21.1. The van der Waals surface area contributed by atoms with E-state index in [0.29, 0.717) is 5.89 Å². The van der Waals surface area contributed by atoms with Crippen molar-refractivity contribution in [2.75, 3.05) is 0 Å². The van der Waals surface area contributed by atoms with Crippen molar-refractivity contribution < 1.29 is 4.42 Å². The molecule has 2 aliphatic rings. The number of hydrogen-bond acceptors (Lipinski definition) is 2. The van der Waals surface area contributed by atoms with Gasteiger partial charge in [-0.2, -0.15) is 0 Å². The van der Waals surface area contributed by atoms with E-state index < -0.39 is 5.41 Å². The van der Waals surface area contributed by atoms with Crippen LogP contribution in [0, 0.1) is 0 Å². The van der Waals surface area contributed by atoms with Crippen LogP contribution in [-0.2, 0) is 5.41 Å². The van der Waals surface area contributed by atoms with Gasteiger partial charge in [0.25, 0.3) is 0 Å². The van der Waals surface area contributed by atoms with Crippen molar-refractivity contribution in [3.8, 4) is 78.2 Å². The average molecular weight is 776 g/mol. The van der Waals surface area contributed by atoms with Crippen molar-refractivity contribution >= 4 is 32.6 Å². The summed E-state index contributed by atoms with van der Waals surface area (Å²) in [7, 11) is 0. The molecule has 1 unspecified atom stereocenters. The molecule has 13 rings (SSSR count). The molecule has 0 aliphatic heterocycles. The number of hydrogen-bond donors (Lipinski definition) is 0. The van der Waals surface area contributed by atoms with Gasteiger partial charge in [-0.15, -0.1) is 0 Å². The second-order valence-electron chi connectivity index (χ2n) is 16.7. The molecular weight excluding hydrogens is 739 g/mol. The molecule has 4 bridgehead atoms. The molecule has 1 atom stereocenters.